The number of carbonyl (C=O) groups is 1. The third kappa shape index (κ3) is 7.86. The lowest BCUT2D eigenvalue weighted by Gasteiger charge is -2.39. The monoisotopic (exact) mass is 398 g/mol. The van der Waals surface area contributed by atoms with Gasteiger partial charge in [-0.25, -0.2) is 4.79 Å². The van der Waals surface area contributed by atoms with Crippen molar-refractivity contribution in [2.24, 2.45) is 5.92 Å². The van der Waals surface area contributed by atoms with Crippen LogP contribution in [0.25, 0.3) is 0 Å². The highest BCUT2D eigenvalue weighted by molar-refractivity contribution is 7.85. The summed E-state index contributed by atoms with van der Waals surface area (Å²) in [6.45, 7) is 7.11. The Morgan fingerprint density at radius 1 is 1.26 bits per heavy atom. The highest BCUT2D eigenvalue weighted by atomic mass is 32.2. The fourth-order valence-corrected chi connectivity index (χ4v) is 3.44. The minimum Gasteiger partial charge on any atom is -0.444 e. The zero-order valence-corrected chi connectivity index (χ0v) is 17.3. The summed E-state index contributed by atoms with van der Waals surface area (Å²) >= 11 is 0. The topological polar surface area (TPSA) is 84.9 Å². The number of benzene rings is 1. The molecule has 1 heterocycles. The minimum absolute atomic E-state index is 0.0323. The molecule has 1 saturated heterocycles. The van der Waals surface area contributed by atoms with E-state index in [2.05, 4.69) is 5.32 Å². The maximum Gasteiger partial charge on any atom is 0.410 e. The number of carbonyl (C=O) groups excluding carboxylic acids is 1. The van der Waals surface area contributed by atoms with E-state index in [1.54, 1.807) is 4.90 Å². The van der Waals surface area contributed by atoms with Gasteiger partial charge in [-0.3, -0.25) is 4.18 Å². The van der Waals surface area contributed by atoms with Crippen molar-refractivity contribution in [2.75, 3.05) is 26.0 Å². The number of hydrogen-bond donors (Lipinski definition) is 1. The second-order valence-electron chi connectivity index (χ2n) is 7.94. The summed E-state index contributed by atoms with van der Waals surface area (Å²) in [4.78, 5) is 14.0. The van der Waals surface area contributed by atoms with Gasteiger partial charge in [-0.1, -0.05) is 30.3 Å². The van der Waals surface area contributed by atoms with Gasteiger partial charge in [0.25, 0.3) is 10.1 Å². The van der Waals surface area contributed by atoms with Crippen LogP contribution >= 0.6 is 0 Å². The Labute approximate surface area is 162 Å². The van der Waals surface area contributed by atoms with Crippen molar-refractivity contribution in [1.29, 1.82) is 0 Å². The molecule has 1 fully saturated rings. The average Bonchev–Trinajstić information content (AvgIpc) is 2.57. The number of hydrogen-bond acceptors (Lipinski definition) is 6. The van der Waals surface area contributed by atoms with Crippen molar-refractivity contribution in [3.05, 3.63) is 35.9 Å². The molecule has 1 aromatic carbocycles. The van der Waals surface area contributed by atoms with E-state index in [1.165, 1.54) is 0 Å². The van der Waals surface area contributed by atoms with Crippen LogP contribution in [0.2, 0.25) is 0 Å². The van der Waals surface area contributed by atoms with Crippen LogP contribution in [0.1, 0.15) is 32.8 Å². The summed E-state index contributed by atoms with van der Waals surface area (Å²) in [5.74, 6) is -0.148. The zero-order valence-electron chi connectivity index (χ0n) is 16.5. The summed E-state index contributed by atoms with van der Waals surface area (Å²) in [5, 5.41) is 3.48. The van der Waals surface area contributed by atoms with Gasteiger partial charge in [0.05, 0.1) is 12.9 Å². The molecule has 0 saturated carbocycles. The molecule has 1 aliphatic rings. The molecule has 0 spiro atoms. The van der Waals surface area contributed by atoms with Crippen molar-refractivity contribution in [1.82, 2.24) is 10.2 Å². The molecule has 1 N–H and O–H groups in total. The standard InChI is InChI=1S/C19H30N2O5S/c1-19(2,3)26-18(22)21-11-10-17(16(13-21)14-25-27(4,23)24)20-12-15-8-6-5-7-9-15/h5-9,16-17,20H,10-14H2,1-4H3/t16-,17-/m1/s1. The van der Waals surface area contributed by atoms with E-state index in [-0.39, 0.29) is 24.7 Å². The summed E-state index contributed by atoms with van der Waals surface area (Å²) in [5.41, 5.74) is 0.577. The van der Waals surface area contributed by atoms with Gasteiger partial charge >= 0.3 is 6.09 Å². The highest BCUT2D eigenvalue weighted by Crippen LogP contribution is 2.21. The number of nitrogens with zero attached hydrogens (tertiary/aromatic N) is 1. The molecule has 1 aromatic rings. The quantitative estimate of drug-likeness (QED) is 0.741. The van der Waals surface area contributed by atoms with E-state index in [4.69, 9.17) is 8.92 Å². The molecule has 0 unspecified atom stereocenters. The van der Waals surface area contributed by atoms with E-state index < -0.39 is 15.7 Å². The number of amides is 1. The van der Waals surface area contributed by atoms with Gasteiger partial charge in [-0.2, -0.15) is 8.42 Å². The van der Waals surface area contributed by atoms with Gasteiger partial charge < -0.3 is 15.0 Å². The lowest BCUT2D eigenvalue weighted by atomic mass is 9.92. The van der Waals surface area contributed by atoms with Gasteiger partial charge in [0.2, 0.25) is 0 Å². The van der Waals surface area contributed by atoms with Crippen LogP contribution in [0.15, 0.2) is 30.3 Å². The van der Waals surface area contributed by atoms with Gasteiger partial charge in [-0.05, 0) is 32.8 Å². The molecule has 1 aliphatic heterocycles. The van der Waals surface area contributed by atoms with Crippen LogP contribution in [-0.4, -0.2) is 57.0 Å². The Kier molecular flexibility index (Phi) is 7.25. The SMILES string of the molecule is CC(C)(C)OC(=O)N1CC[C@@H](NCc2ccccc2)[C@@H](COS(C)(=O)=O)C1. The molecule has 1 amide bonds. The molecule has 7 nitrogen and oxygen atoms in total. The second kappa shape index (κ2) is 9.03. The van der Waals surface area contributed by atoms with E-state index in [9.17, 15) is 13.2 Å². The predicted octanol–water partition coefficient (Wildman–Crippen LogP) is 2.38. The van der Waals surface area contributed by atoms with Crippen molar-refractivity contribution >= 4 is 16.2 Å². The van der Waals surface area contributed by atoms with Gasteiger partial charge in [0.1, 0.15) is 5.60 Å². The maximum absolute atomic E-state index is 12.4. The van der Waals surface area contributed by atoms with Crippen LogP contribution in [0.4, 0.5) is 4.79 Å². The normalized spacial score (nSPS) is 21.1. The molecule has 0 aliphatic carbocycles. The fraction of sp³-hybridized carbons (Fsp3) is 0.632. The van der Waals surface area contributed by atoms with E-state index in [1.807, 2.05) is 51.1 Å². The number of piperidine rings is 1. The zero-order chi connectivity index (χ0) is 20.1. The lowest BCUT2D eigenvalue weighted by molar-refractivity contribution is 0.00970. The van der Waals surface area contributed by atoms with Crippen LogP contribution in [0, 0.1) is 5.92 Å². The van der Waals surface area contributed by atoms with Gasteiger partial charge in [0, 0.05) is 31.6 Å². The Morgan fingerprint density at radius 2 is 1.93 bits per heavy atom. The summed E-state index contributed by atoms with van der Waals surface area (Å²) in [6.07, 6.45) is 1.35. The molecule has 0 radical (unpaired) electrons. The van der Waals surface area contributed by atoms with Gasteiger partial charge in [-0.15, -0.1) is 0 Å². The molecular formula is C19H30N2O5S. The summed E-state index contributed by atoms with van der Waals surface area (Å²) < 4.78 is 33.3. The molecule has 0 bridgehead atoms. The predicted molar refractivity (Wildman–Crippen MR) is 104 cm³/mol. The van der Waals surface area contributed by atoms with E-state index in [0.29, 0.717) is 26.1 Å². The highest BCUT2D eigenvalue weighted by Gasteiger charge is 2.34. The molecule has 2 atom stereocenters. The first-order valence-corrected chi connectivity index (χ1v) is 10.9. The van der Waals surface area contributed by atoms with Crippen LogP contribution in [0.3, 0.4) is 0 Å². The smallest absolute Gasteiger partial charge is 0.410 e. The van der Waals surface area contributed by atoms with Crippen LogP contribution in [0.5, 0.6) is 0 Å². The number of likely N-dealkylation sites (tertiary alicyclic amines) is 1. The molecule has 0 aromatic heterocycles. The lowest BCUT2D eigenvalue weighted by Crippen LogP contribution is -2.53. The maximum atomic E-state index is 12.4. The average molecular weight is 399 g/mol. The van der Waals surface area contributed by atoms with Crippen molar-refractivity contribution in [3.63, 3.8) is 0 Å². The molecule has 2 rings (SSSR count). The third-order valence-corrected chi connectivity index (χ3v) is 4.86. The van der Waals surface area contributed by atoms with E-state index >= 15 is 0 Å². The minimum atomic E-state index is -3.54. The van der Waals surface area contributed by atoms with Gasteiger partial charge in [0.15, 0.2) is 0 Å². The first-order valence-electron chi connectivity index (χ1n) is 9.13. The first-order chi connectivity index (χ1) is 12.5. The molecule has 27 heavy (non-hydrogen) atoms. The summed E-state index contributed by atoms with van der Waals surface area (Å²) in [6, 6.07) is 10.0. The third-order valence-electron chi connectivity index (χ3n) is 4.29. The Hall–Kier alpha value is -1.64. The first kappa shape index (κ1) is 21.7. The number of nitrogens with one attached hydrogen (secondary N) is 1. The molecule has 8 heteroatoms. The fourth-order valence-electron chi connectivity index (χ4n) is 3.02. The summed E-state index contributed by atoms with van der Waals surface area (Å²) in [7, 11) is -3.54. The number of ether oxygens (including phenoxy) is 1. The Bertz CT molecular complexity index is 715. The molecule has 152 valence electrons. The Balaban J connectivity index is 2.01. The molecular weight excluding hydrogens is 368 g/mol. The van der Waals surface area contributed by atoms with Crippen molar-refractivity contribution in [3.8, 4) is 0 Å². The second-order valence-corrected chi connectivity index (χ2v) is 9.58. The largest absolute Gasteiger partial charge is 0.444 e. The van der Waals surface area contributed by atoms with Crippen molar-refractivity contribution < 1.29 is 22.1 Å². The van der Waals surface area contributed by atoms with E-state index in [0.717, 1.165) is 11.8 Å². The van der Waals surface area contributed by atoms with Crippen molar-refractivity contribution in [2.45, 2.75) is 45.4 Å². The number of rotatable bonds is 6. The Morgan fingerprint density at radius 3 is 2.52 bits per heavy atom. The van der Waals surface area contributed by atoms with Crippen LogP contribution < -0.4 is 5.32 Å². The van der Waals surface area contributed by atoms with Crippen LogP contribution in [-0.2, 0) is 25.6 Å².